The first kappa shape index (κ1) is 13.2. The summed E-state index contributed by atoms with van der Waals surface area (Å²) in [5.74, 6) is -0.0193. The molecule has 1 fully saturated rings. The number of ketones is 1. The van der Waals surface area contributed by atoms with Gasteiger partial charge in [0.25, 0.3) is 10.0 Å². The first-order valence-electron chi connectivity index (χ1n) is 6.03. The molecule has 1 aromatic heterocycles. The number of carbonyl (C=O) groups is 1. The van der Waals surface area contributed by atoms with Crippen LogP contribution in [0.25, 0.3) is 0 Å². The smallest absolute Gasteiger partial charge is 0.260 e. The number of pyridine rings is 1. The summed E-state index contributed by atoms with van der Waals surface area (Å²) < 4.78 is 25.9. The third-order valence-electron chi connectivity index (χ3n) is 2.96. The number of aromatic nitrogens is 1. The third-order valence-corrected chi connectivity index (χ3v) is 4.72. The Hall–Kier alpha value is -1.27. The second-order valence-corrected chi connectivity index (χ2v) is 6.24. The lowest BCUT2D eigenvalue weighted by atomic mass is 10.1. The summed E-state index contributed by atoms with van der Waals surface area (Å²) in [6, 6.07) is 4.75. The topological polar surface area (TPSA) is 67.3 Å². The zero-order valence-corrected chi connectivity index (χ0v) is 10.9. The molecule has 1 aliphatic heterocycles. The van der Waals surface area contributed by atoms with Gasteiger partial charge in [0.05, 0.1) is 6.54 Å². The van der Waals surface area contributed by atoms with E-state index < -0.39 is 10.0 Å². The second-order valence-electron chi connectivity index (χ2n) is 4.36. The van der Waals surface area contributed by atoms with Crippen LogP contribution in [-0.4, -0.2) is 36.6 Å². The molecule has 5 nitrogen and oxygen atoms in total. The zero-order chi connectivity index (χ0) is 13.0. The van der Waals surface area contributed by atoms with Gasteiger partial charge in [0, 0.05) is 19.2 Å². The predicted octanol–water partition coefficient (Wildman–Crippen LogP) is 1.22. The highest BCUT2D eigenvalue weighted by Gasteiger charge is 2.27. The van der Waals surface area contributed by atoms with Gasteiger partial charge in [0.1, 0.15) is 5.78 Å². The minimum Gasteiger partial charge on any atom is -0.298 e. The van der Waals surface area contributed by atoms with E-state index in [1.54, 1.807) is 12.1 Å². The van der Waals surface area contributed by atoms with E-state index in [-0.39, 0.29) is 17.4 Å². The number of nitrogens with zero attached hydrogens (tertiary/aromatic N) is 2. The Morgan fingerprint density at radius 2 is 2.00 bits per heavy atom. The predicted molar refractivity (Wildman–Crippen MR) is 66.5 cm³/mol. The van der Waals surface area contributed by atoms with Crippen molar-refractivity contribution in [3.8, 4) is 0 Å². The van der Waals surface area contributed by atoms with Gasteiger partial charge in [0.2, 0.25) is 0 Å². The molecule has 98 valence electrons. The molecule has 0 radical (unpaired) electrons. The van der Waals surface area contributed by atoms with Gasteiger partial charge in [-0.25, -0.2) is 13.4 Å². The summed E-state index contributed by atoms with van der Waals surface area (Å²) in [6.07, 6.45) is 4.45. The number of carbonyl (C=O) groups excluding carboxylic acids is 1. The lowest BCUT2D eigenvalue weighted by Gasteiger charge is -2.22. The Kier molecular flexibility index (Phi) is 4.08. The molecule has 0 saturated carbocycles. The van der Waals surface area contributed by atoms with Crippen molar-refractivity contribution >= 4 is 15.8 Å². The molecule has 2 heterocycles. The minimum atomic E-state index is -3.63. The fourth-order valence-corrected chi connectivity index (χ4v) is 3.37. The van der Waals surface area contributed by atoms with Crippen LogP contribution in [0.4, 0.5) is 0 Å². The molecular formula is C12H16N2O3S. The summed E-state index contributed by atoms with van der Waals surface area (Å²) in [6.45, 7) is 0.365. The van der Waals surface area contributed by atoms with Gasteiger partial charge in [-0.2, -0.15) is 4.31 Å². The van der Waals surface area contributed by atoms with Crippen molar-refractivity contribution in [1.82, 2.24) is 9.29 Å². The fourth-order valence-electron chi connectivity index (χ4n) is 1.98. The molecule has 0 N–H and O–H groups in total. The van der Waals surface area contributed by atoms with Crippen molar-refractivity contribution in [2.45, 2.75) is 30.7 Å². The summed E-state index contributed by atoms with van der Waals surface area (Å²) in [5, 5.41) is 0.0124. The molecule has 0 spiro atoms. The SMILES string of the molecule is O=C1CCCCCN(S(=O)(=O)c2ccccn2)C1. The quantitative estimate of drug-likeness (QED) is 0.808. The van der Waals surface area contributed by atoms with Crippen LogP contribution in [0.1, 0.15) is 25.7 Å². The van der Waals surface area contributed by atoms with Crippen LogP contribution in [0.3, 0.4) is 0 Å². The molecule has 0 aliphatic carbocycles. The molecule has 18 heavy (non-hydrogen) atoms. The summed E-state index contributed by atoms with van der Waals surface area (Å²) in [7, 11) is -3.63. The third kappa shape index (κ3) is 2.94. The normalized spacial score (nSPS) is 19.2. The van der Waals surface area contributed by atoms with Crippen LogP contribution in [-0.2, 0) is 14.8 Å². The highest BCUT2D eigenvalue weighted by atomic mass is 32.2. The summed E-state index contributed by atoms with van der Waals surface area (Å²) in [4.78, 5) is 15.5. The monoisotopic (exact) mass is 268 g/mol. The van der Waals surface area contributed by atoms with Crippen molar-refractivity contribution < 1.29 is 13.2 Å². The van der Waals surface area contributed by atoms with Crippen LogP contribution in [0.5, 0.6) is 0 Å². The zero-order valence-electron chi connectivity index (χ0n) is 10.1. The Morgan fingerprint density at radius 1 is 1.17 bits per heavy atom. The Labute approximate surface area is 107 Å². The lowest BCUT2D eigenvalue weighted by molar-refractivity contribution is -0.119. The van der Waals surface area contributed by atoms with Gasteiger partial charge in [-0.05, 0) is 25.0 Å². The molecule has 6 heteroatoms. The largest absolute Gasteiger partial charge is 0.298 e. The average molecular weight is 268 g/mol. The Morgan fingerprint density at radius 3 is 2.72 bits per heavy atom. The van der Waals surface area contributed by atoms with E-state index in [4.69, 9.17) is 0 Å². The van der Waals surface area contributed by atoms with Crippen LogP contribution in [0.2, 0.25) is 0 Å². The Bertz CT molecular complexity index is 513. The number of sulfonamides is 1. The first-order chi connectivity index (χ1) is 8.60. The van der Waals surface area contributed by atoms with E-state index in [0.29, 0.717) is 13.0 Å². The average Bonchev–Trinajstić information content (AvgIpc) is 2.34. The van der Waals surface area contributed by atoms with Gasteiger partial charge < -0.3 is 0 Å². The van der Waals surface area contributed by atoms with Crippen molar-refractivity contribution in [2.24, 2.45) is 0 Å². The van der Waals surface area contributed by atoms with E-state index in [2.05, 4.69) is 4.98 Å². The van der Waals surface area contributed by atoms with Gasteiger partial charge in [-0.1, -0.05) is 12.5 Å². The number of rotatable bonds is 2. The van der Waals surface area contributed by atoms with Crippen LogP contribution in [0, 0.1) is 0 Å². The van der Waals surface area contributed by atoms with Crippen molar-refractivity contribution in [2.75, 3.05) is 13.1 Å². The first-order valence-corrected chi connectivity index (χ1v) is 7.47. The highest BCUT2D eigenvalue weighted by Crippen LogP contribution is 2.16. The number of Topliss-reactive ketones (excluding diaryl/α,β-unsaturated/α-hetero) is 1. The second kappa shape index (κ2) is 5.58. The van der Waals surface area contributed by atoms with Gasteiger partial charge in [-0.3, -0.25) is 4.79 Å². The Balaban J connectivity index is 2.25. The van der Waals surface area contributed by atoms with Crippen LogP contribution >= 0.6 is 0 Å². The molecule has 0 unspecified atom stereocenters. The van der Waals surface area contributed by atoms with Crippen molar-refractivity contribution in [3.63, 3.8) is 0 Å². The van der Waals surface area contributed by atoms with Crippen LogP contribution in [0.15, 0.2) is 29.4 Å². The lowest BCUT2D eigenvalue weighted by Crippen LogP contribution is -2.37. The maximum atomic E-state index is 12.3. The van der Waals surface area contributed by atoms with E-state index >= 15 is 0 Å². The molecular weight excluding hydrogens is 252 g/mol. The molecule has 1 aliphatic rings. The van der Waals surface area contributed by atoms with Gasteiger partial charge in [0.15, 0.2) is 5.03 Å². The van der Waals surface area contributed by atoms with E-state index in [0.717, 1.165) is 19.3 Å². The maximum absolute atomic E-state index is 12.3. The molecule has 0 atom stereocenters. The molecule has 0 amide bonds. The molecule has 0 bridgehead atoms. The van der Waals surface area contributed by atoms with E-state index in [1.165, 1.54) is 16.6 Å². The number of hydrogen-bond donors (Lipinski definition) is 0. The van der Waals surface area contributed by atoms with Crippen molar-refractivity contribution in [1.29, 1.82) is 0 Å². The standard InChI is InChI=1S/C12H16N2O3S/c15-11-6-2-1-5-9-14(10-11)18(16,17)12-7-3-4-8-13-12/h3-4,7-8H,1-2,5-6,9-10H2. The van der Waals surface area contributed by atoms with E-state index in [9.17, 15) is 13.2 Å². The van der Waals surface area contributed by atoms with Crippen LogP contribution < -0.4 is 0 Å². The highest BCUT2D eigenvalue weighted by molar-refractivity contribution is 7.89. The summed E-state index contributed by atoms with van der Waals surface area (Å²) in [5.41, 5.74) is 0. The summed E-state index contributed by atoms with van der Waals surface area (Å²) >= 11 is 0. The number of hydrogen-bond acceptors (Lipinski definition) is 4. The minimum absolute atomic E-state index is 0.0124. The fraction of sp³-hybridized carbons (Fsp3) is 0.500. The van der Waals surface area contributed by atoms with Crippen molar-refractivity contribution in [3.05, 3.63) is 24.4 Å². The molecule has 0 aromatic carbocycles. The molecule has 1 aromatic rings. The van der Waals surface area contributed by atoms with E-state index in [1.807, 2.05) is 0 Å². The maximum Gasteiger partial charge on any atom is 0.260 e. The molecule has 1 saturated heterocycles. The van der Waals surface area contributed by atoms with Gasteiger partial charge >= 0.3 is 0 Å². The molecule has 2 rings (SSSR count). The van der Waals surface area contributed by atoms with Gasteiger partial charge in [-0.15, -0.1) is 0 Å².